The predicted octanol–water partition coefficient (Wildman–Crippen LogP) is 3.38. The summed E-state index contributed by atoms with van der Waals surface area (Å²) in [6, 6.07) is 10.0. The molecule has 31 heavy (non-hydrogen) atoms. The van der Waals surface area contributed by atoms with Crippen molar-refractivity contribution in [3.05, 3.63) is 59.4 Å². The van der Waals surface area contributed by atoms with E-state index in [0.717, 1.165) is 0 Å². The van der Waals surface area contributed by atoms with Crippen LogP contribution in [0.3, 0.4) is 0 Å². The molecule has 0 aromatic heterocycles. The second kappa shape index (κ2) is 10.9. The van der Waals surface area contributed by atoms with Crippen LogP contribution in [0.2, 0.25) is 0 Å². The van der Waals surface area contributed by atoms with Crippen molar-refractivity contribution >= 4 is 17.6 Å². The number of β-amino-alcohol motifs (C(OH)–C–C–N with tert-alkyl or cyclic N) is 1. The number of carbonyl (C=O) groups is 2. The van der Waals surface area contributed by atoms with Gasteiger partial charge in [0.25, 0.3) is 5.91 Å². The zero-order valence-electron chi connectivity index (χ0n) is 18.2. The number of rotatable bonds is 9. The van der Waals surface area contributed by atoms with Crippen LogP contribution >= 0.6 is 0 Å². The molecule has 7 nitrogen and oxygen atoms in total. The van der Waals surface area contributed by atoms with Crippen LogP contribution in [0.4, 0.5) is 10.1 Å². The minimum atomic E-state index is -0.797. The number of aliphatic hydroxyl groups is 1. The predicted molar refractivity (Wildman–Crippen MR) is 116 cm³/mol. The Kier molecular flexibility index (Phi) is 8.53. The monoisotopic (exact) mass is 432 g/mol. The Labute approximate surface area is 181 Å². The summed E-state index contributed by atoms with van der Waals surface area (Å²) in [5.41, 5.74) is 0.0903. The van der Waals surface area contributed by atoms with E-state index in [9.17, 15) is 19.1 Å². The average molecular weight is 432 g/mol. The van der Waals surface area contributed by atoms with Crippen LogP contribution in [-0.2, 0) is 4.74 Å². The molecule has 2 rings (SSSR count). The van der Waals surface area contributed by atoms with Gasteiger partial charge >= 0.3 is 5.97 Å². The normalized spacial score (nSPS) is 12.2. The van der Waals surface area contributed by atoms with Gasteiger partial charge in [-0.2, -0.15) is 0 Å². The molecule has 0 bridgehead atoms. The van der Waals surface area contributed by atoms with Crippen molar-refractivity contribution in [3.8, 4) is 5.75 Å². The first kappa shape index (κ1) is 24.3. The number of anilines is 1. The van der Waals surface area contributed by atoms with Crippen LogP contribution in [0.15, 0.2) is 42.5 Å². The lowest BCUT2D eigenvalue weighted by molar-refractivity contribution is 0.0515. The van der Waals surface area contributed by atoms with E-state index in [-0.39, 0.29) is 41.3 Å². The fourth-order valence-electron chi connectivity index (χ4n) is 2.61. The number of halogens is 1. The molecule has 8 heteroatoms. The molecule has 0 aliphatic carbocycles. The average Bonchev–Trinajstić information content (AvgIpc) is 2.71. The second-order valence-electron chi connectivity index (χ2n) is 7.96. The van der Waals surface area contributed by atoms with Crippen LogP contribution < -0.4 is 15.4 Å². The molecular weight excluding hydrogens is 403 g/mol. The van der Waals surface area contributed by atoms with Crippen LogP contribution in [0, 0.1) is 5.82 Å². The van der Waals surface area contributed by atoms with Crippen LogP contribution in [0.1, 0.15) is 48.4 Å². The standard InChI is InChI=1S/C23H29FN2O5/c1-5-30-22(29)18-12-15(26-21(28)17-8-6-7-9-19(17)24)10-11-20(18)31-14-16(27)13-25-23(2,3)4/h6-12,16,25,27H,5,13-14H2,1-4H3,(H,26,28). The van der Waals surface area contributed by atoms with Gasteiger partial charge in [-0.05, 0) is 58.0 Å². The van der Waals surface area contributed by atoms with Crippen molar-refractivity contribution < 1.29 is 28.6 Å². The first-order chi connectivity index (χ1) is 14.6. The molecule has 3 N–H and O–H groups in total. The number of esters is 1. The molecule has 1 unspecified atom stereocenters. The van der Waals surface area contributed by atoms with E-state index in [1.807, 2.05) is 20.8 Å². The quantitative estimate of drug-likeness (QED) is 0.526. The maximum Gasteiger partial charge on any atom is 0.341 e. The maximum atomic E-state index is 13.8. The molecule has 0 saturated heterocycles. The van der Waals surface area contributed by atoms with E-state index in [2.05, 4.69) is 10.6 Å². The third-order valence-electron chi connectivity index (χ3n) is 4.15. The molecule has 0 spiro atoms. The van der Waals surface area contributed by atoms with E-state index < -0.39 is 23.8 Å². The highest BCUT2D eigenvalue weighted by Gasteiger charge is 2.19. The van der Waals surface area contributed by atoms with Gasteiger partial charge in [-0.15, -0.1) is 0 Å². The summed E-state index contributed by atoms with van der Waals surface area (Å²) in [5, 5.41) is 15.9. The van der Waals surface area contributed by atoms with Gasteiger partial charge < -0.3 is 25.2 Å². The van der Waals surface area contributed by atoms with E-state index in [1.165, 1.54) is 36.4 Å². The molecule has 0 fully saturated rings. The number of hydrogen-bond donors (Lipinski definition) is 3. The lowest BCUT2D eigenvalue weighted by atomic mass is 10.1. The van der Waals surface area contributed by atoms with Gasteiger partial charge in [0.1, 0.15) is 29.8 Å². The van der Waals surface area contributed by atoms with Crippen molar-refractivity contribution in [2.75, 3.05) is 25.1 Å². The Morgan fingerprint density at radius 2 is 1.84 bits per heavy atom. The Bertz CT molecular complexity index is 911. The molecule has 0 heterocycles. The van der Waals surface area contributed by atoms with Crippen molar-refractivity contribution in [1.82, 2.24) is 5.32 Å². The number of carbonyl (C=O) groups excluding carboxylic acids is 2. The molecule has 2 aromatic carbocycles. The summed E-state index contributed by atoms with van der Waals surface area (Å²) in [6.07, 6.45) is -0.797. The first-order valence-electron chi connectivity index (χ1n) is 10.0. The van der Waals surface area contributed by atoms with Crippen LogP contribution in [0.25, 0.3) is 0 Å². The van der Waals surface area contributed by atoms with Gasteiger partial charge in [-0.1, -0.05) is 12.1 Å². The number of aliphatic hydroxyl groups excluding tert-OH is 1. The van der Waals surface area contributed by atoms with Crippen molar-refractivity contribution in [3.63, 3.8) is 0 Å². The number of nitrogens with one attached hydrogen (secondary N) is 2. The number of benzene rings is 2. The lowest BCUT2D eigenvalue weighted by Gasteiger charge is -2.23. The smallest absolute Gasteiger partial charge is 0.341 e. The molecule has 0 radical (unpaired) electrons. The molecule has 0 saturated carbocycles. The van der Waals surface area contributed by atoms with Crippen molar-refractivity contribution in [2.45, 2.75) is 39.3 Å². The zero-order valence-corrected chi connectivity index (χ0v) is 18.2. The Hall–Kier alpha value is -2.97. The minimum absolute atomic E-state index is 0.0452. The lowest BCUT2D eigenvalue weighted by Crippen LogP contribution is -2.42. The molecule has 168 valence electrons. The third-order valence-corrected chi connectivity index (χ3v) is 4.15. The van der Waals surface area contributed by atoms with E-state index in [0.29, 0.717) is 6.54 Å². The van der Waals surface area contributed by atoms with Gasteiger partial charge in [0.15, 0.2) is 0 Å². The summed E-state index contributed by atoms with van der Waals surface area (Å²) in [4.78, 5) is 24.7. The Morgan fingerprint density at radius 3 is 2.48 bits per heavy atom. The van der Waals surface area contributed by atoms with Crippen molar-refractivity contribution in [1.29, 1.82) is 0 Å². The summed E-state index contributed by atoms with van der Waals surface area (Å²) in [5.74, 6) is -1.73. The number of amides is 1. The van der Waals surface area contributed by atoms with Crippen molar-refractivity contribution in [2.24, 2.45) is 0 Å². The molecule has 0 aliphatic heterocycles. The molecular formula is C23H29FN2O5. The van der Waals surface area contributed by atoms with E-state index in [4.69, 9.17) is 9.47 Å². The fraction of sp³-hybridized carbons (Fsp3) is 0.391. The molecule has 1 amide bonds. The largest absolute Gasteiger partial charge is 0.490 e. The van der Waals surface area contributed by atoms with E-state index in [1.54, 1.807) is 13.0 Å². The molecule has 0 aliphatic rings. The maximum absolute atomic E-state index is 13.8. The molecule has 2 aromatic rings. The highest BCUT2D eigenvalue weighted by Crippen LogP contribution is 2.25. The van der Waals surface area contributed by atoms with Gasteiger partial charge in [0.05, 0.1) is 12.2 Å². The number of hydrogen-bond acceptors (Lipinski definition) is 6. The first-order valence-corrected chi connectivity index (χ1v) is 10.0. The van der Waals surface area contributed by atoms with Crippen LogP contribution in [-0.4, -0.2) is 48.4 Å². The minimum Gasteiger partial charge on any atom is -0.490 e. The Balaban J connectivity index is 2.15. The van der Waals surface area contributed by atoms with E-state index >= 15 is 0 Å². The Morgan fingerprint density at radius 1 is 1.13 bits per heavy atom. The summed E-state index contributed by atoms with van der Waals surface area (Å²) < 4.78 is 24.5. The zero-order chi connectivity index (χ0) is 23.0. The highest BCUT2D eigenvalue weighted by atomic mass is 19.1. The topological polar surface area (TPSA) is 96.9 Å². The van der Waals surface area contributed by atoms with Gasteiger partial charge in [0.2, 0.25) is 0 Å². The highest BCUT2D eigenvalue weighted by molar-refractivity contribution is 6.05. The summed E-state index contributed by atoms with van der Waals surface area (Å²) in [6.45, 7) is 8.03. The van der Waals surface area contributed by atoms with Gasteiger partial charge in [-0.3, -0.25) is 4.79 Å². The summed E-state index contributed by atoms with van der Waals surface area (Å²) in [7, 11) is 0. The second-order valence-corrected chi connectivity index (χ2v) is 7.96. The number of ether oxygens (including phenoxy) is 2. The SMILES string of the molecule is CCOC(=O)c1cc(NC(=O)c2ccccc2F)ccc1OCC(O)CNC(C)(C)C. The van der Waals surface area contributed by atoms with Gasteiger partial charge in [0, 0.05) is 17.8 Å². The molecule has 1 atom stereocenters. The summed E-state index contributed by atoms with van der Waals surface area (Å²) >= 11 is 0. The van der Waals surface area contributed by atoms with Gasteiger partial charge in [-0.25, -0.2) is 9.18 Å². The van der Waals surface area contributed by atoms with Crippen LogP contribution in [0.5, 0.6) is 5.75 Å². The fourth-order valence-corrected chi connectivity index (χ4v) is 2.61. The third kappa shape index (κ3) is 7.66.